The molecular formula is C16H32N2O. The van der Waals surface area contributed by atoms with Gasteiger partial charge in [0.1, 0.15) is 0 Å². The molecule has 3 nitrogen and oxygen atoms in total. The van der Waals surface area contributed by atoms with Crippen molar-refractivity contribution in [2.45, 2.75) is 71.8 Å². The van der Waals surface area contributed by atoms with E-state index in [4.69, 9.17) is 5.73 Å². The van der Waals surface area contributed by atoms with Crippen LogP contribution in [0.15, 0.2) is 0 Å². The molecule has 1 amide bonds. The maximum absolute atomic E-state index is 12.4. The van der Waals surface area contributed by atoms with Gasteiger partial charge in [0, 0.05) is 25.0 Å². The lowest BCUT2D eigenvalue weighted by Gasteiger charge is -2.24. The van der Waals surface area contributed by atoms with Crippen LogP contribution in [0, 0.1) is 11.8 Å². The molecule has 0 spiro atoms. The van der Waals surface area contributed by atoms with Gasteiger partial charge in [-0.25, -0.2) is 0 Å². The Morgan fingerprint density at radius 3 is 2.63 bits per heavy atom. The molecule has 0 bridgehead atoms. The minimum atomic E-state index is 0.164. The number of nitrogens with zero attached hydrogens (tertiary/aromatic N) is 1. The van der Waals surface area contributed by atoms with Gasteiger partial charge >= 0.3 is 0 Å². The fourth-order valence-electron chi connectivity index (χ4n) is 2.98. The van der Waals surface area contributed by atoms with Crippen LogP contribution in [0.2, 0.25) is 0 Å². The molecule has 1 heterocycles. The summed E-state index contributed by atoms with van der Waals surface area (Å²) < 4.78 is 0. The van der Waals surface area contributed by atoms with Gasteiger partial charge in [-0.2, -0.15) is 0 Å². The first-order valence-corrected chi connectivity index (χ1v) is 8.09. The summed E-state index contributed by atoms with van der Waals surface area (Å²) in [6.45, 7) is 8.30. The highest BCUT2D eigenvalue weighted by molar-refractivity contribution is 5.78. The molecule has 0 aliphatic carbocycles. The Labute approximate surface area is 118 Å². The first-order chi connectivity index (χ1) is 9.04. The highest BCUT2D eigenvalue weighted by Gasteiger charge is 2.23. The van der Waals surface area contributed by atoms with Gasteiger partial charge in [-0.15, -0.1) is 0 Å². The first kappa shape index (κ1) is 16.5. The highest BCUT2D eigenvalue weighted by Crippen LogP contribution is 2.22. The molecule has 0 aromatic heterocycles. The number of nitrogens with two attached hydrogens (primary N) is 1. The lowest BCUT2D eigenvalue weighted by Crippen LogP contribution is -2.36. The largest absolute Gasteiger partial charge is 0.342 e. The van der Waals surface area contributed by atoms with Crippen molar-refractivity contribution in [3.05, 3.63) is 0 Å². The summed E-state index contributed by atoms with van der Waals surface area (Å²) in [6.07, 6.45) is 7.98. The summed E-state index contributed by atoms with van der Waals surface area (Å²) in [4.78, 5) is 14.5. The van der Waals surface area contributed by atoms with Crippen molar-refractivity contribution in [3.63, 3.8) is 0 Å². The Morgan fingerprint density at radius 1 is 1.26 bits per heavy atom. The maximum Gasteiger partial charge on any atom is 0.225 e. The van der Waals surface area contributed by atoms with Crippen LogP contribution < -0.4 is 5.73 Å². The summed E-state index contributed by atoms with van der Waals surface area (Å²) in [5.41, 5.74) is 5.75. The van der Waals surface area contributed by atoms with Gasteiger partial charge in [0.05, 0.1) is 0 Å². The van der Waals surface area contributed by atoms with E-state index in [1.54, 1.807) is 0 Å². The van der Waals surface area contributed by atoms with E-state index in [1.165, 1.54) is 25.7 Å². The van der Waals surface area contributed by atoms with Gasteiger partial charge in [-0.1, -0.05) is 26.7 Å². The SMILES string of the molecule is CCC1CCCN(C(=O)C(C)CCCC(C)N)CC1. The van der Waals surface area contributed by atoms with Crippen LogP contribution in [-0.2, 0) is 4.79 Å². The number of carbonyl (C=O) groups is 1. The van der Waals surface area contributed by atoms with E-state index in [2.05, 4.69) is 18.7 Å². The number of hydrogen-bond acceptors (Lipinski definition) is 2. The summed E-state index contributed by atoms with van der Waals surface area (Å²) in [7, 11) is 0. The lowest BCUT2D eigenvalue weighted by molar-refractivity contribution is -0.135. The molecule has 1 rings (SSSR count). The highest BCUT2D eigenvalue weighted by atomic mass is 16.2. The van der Waals surface area contributed by atoms with Crippen molar-refractivity contribution in [1.82, 2.24) is 4.90 Å². The van der Waals surface area contributed by atoms with Gasteiger partial charge in [0.2, 0.25) is 5.91 Å². The molecule has 1 fully saturated rings. The van der Waals surface area contributed by atoms with E-state index < -0.39 is 0 Å². The predicted octanol–water partition coefficient (Wildman–Crippen LogP) is 3.18. The van der Waals surface area contributed by atoms with Gasteiger partial charge in [0.25, 0.3) is 0 Å². The molecule has 0 aromatic carbocycles. The Bertz CT molecular complexity index is 265. The quantitative estimate of drug-likeness (QED) is 0.804. The second-order valence-corrected chi connectivity index (χ2v) is 6.34. The predicted molar refractivity (Wildman–Crippen MR) is 80.9 cm³/mol. The van der Waals surface area contributed by atoms with Crippen LogP contribution in [0.1, 0.15) is 65.7 Å². The van der Waals surface area contributed by atoms with E-state index >= 15 is 0 Å². The number of amides is 1. The number of rotatable bonds is 6. The van der Waals surface area contributed by atoms with Crippen molar-refractivity contribution in [1.29, 1.82) is 0 Å². The van der Waals surface area contributed by atoms with Gasteiger partial charge in [0.15, 0.2) is 0 Å². The average molecular weight is 268 g/mol. The third kappa shape index (κ3) is 5.94. The topological polar surface area (TPSA) is 46.3 Å². The first-order valence-electron chi connectivity index (χ1n) is 8.09. The van der Waals surface area contributed by atoms with E-state index in [-0.39, 0.29) is 12.0 Å². The zero-order chi connectivity index (χ0) is 14.3. The number of carbonyl (C=O) groups excluding carboxylic acids is 1. The van der Waals surface area contributed by atoms with E-state index in [0.29, 0.717) is 5.91 Å². The van der Waals surface area contributed by atoms with E-state index in [0.717, 1.165) is 38.3 Å². The summed E-state index contributed by atoms with van der Waals surface area (Å²) in [6, 6.07) is 0.255. The van der Waals surface area contributed by atoms with Crippen LogP contribution in [0.3, 0.4) is 0 Å². The third-order valence-electron chi connectivity index (χ3n) is 4.45. The molecule has 0 aromatic rings. The third-order valence-corrected chi connectivity index (χ3v) is 4.45. The number of likely N-dealkylation sites (tertiary alicyclic amines) is 1. The smallest absolute Gasteiger partial charge is 0.225 e. The molecule has 112 valence electrons. The van der Waals surface area contributed by atoms with Crippen LogP contribution in [0.5, 0.6) is 0 Å². The van der Waals surface area contributed by atoms with Crippen LogP contribution >= 0.6 is 0 Å². The Kier molecular flexibility index (Phi) is 7.44. The Balaban J connectivity index is 2.34. The van der Waals surface area contributed by atoms with Crippen molar-refractivity contribution in [3.8, 4) is 0 Å². The summed E-state index contributed by atoms with van der Waals surface area (Å²) >= 11 is 0. The molecule has 3 atom stereocenters. The van der Waals surface area contributed by atoms with E-state index in [1.807, 2.05) is 6.92 Å². The van der Waals surface area contributed by atoms with Gasteiger partial charge in [-0.05, 0) is 44.9 Å². The fraction of sp³-hybridized carbons (Fsp3) is 0.938. The minimum absolute atomic E-state index is 0.164. The van der Waals surface area contributed by atoms with Crippen LogP contribution in [-0.4, -0.2) is 29.9 Å². The molecule has 0 radical (unpaired) electrons. The molecule has 2 N–H and O–H groups in total. The normalized spacial score (nSPS) is 23.8. The summed E-state index contributed by atoms with van der Waals surface area (Å²) in [5, 5.41) is 0. The van der Waals surface area contributed by atoms with Crippen molar-refractivity contribution >= 4 is 5.91 Å². The van der Waals surface area contributed by atoms with Gasteiger partial charge in [-0.3, -0.25) is 4.79 Å². The zero-order valence-electron chi connectivity index (χ0n) is 13.0. The fourth-order valence-corrected chi connectivity index (χ4v) is 2.98. The van der Waals surface area contributed by atoms with Crippen LogP contribution in [0.25, 0.3) is 0 Å². The van der Waals surface area contributed by atoms with E-state index in [9.17, 15) is 4.79 Å². The summed E-state index contributed by atoms with van der Waals surface area (Å²) in [5.74, 6) is 1.35. The van der Waals surface area contributed by atoms with Gasteiger partial charge < -0.3 is 10.6 Å². The molecule has 0 saturated carbocycles. The number of hydrogen-bond donors (Lipinski definition) is 1. The molecular weight excluding hydrogens is 236 g/mol. The molecule has 3 unspecified atom stereocenters. The monoisotopic (exact) mass is 268 g/mol. The standard InChI is InChI=1S/C16H32N2O/c1-4-15-9-6-11-18(12-10-15)16(19)13(2)7-5-8-14(3)17/h13-15H,4-12,17H2,1-3H3. The lowest BCUT2D eigenvalue weighted by atomic mass is 9.98. The Morgan fingerprint density at radius 2 is 2.00 bits per heavy atom. The van der Waals surface area contributed by atoms with Crippen LogP contribution in [0.4, 0.5) is 0 Å². The zero-order valence-corrected chi connectivity index (χ0v) is 13.0. The Hall–Kier alpha value is -0.570. The average Bonchev–Trinajstić information content (AvgIpc) is 2.62. The molecule has 1 aliphatic rings. The second kappa shape index (κ2) is 8.57. The molecule has 3 heteroatoms. The van der Waals surface area contributed by atoms with Crippen molar-refractivity contribution < 1.29 is 4.79 Å². The molecule has 19 heavy (non-hydrogen) atoms. The second-order valence-electron chi connectivity index (χ2n) is 6.34. The van der Waals surface area contributed by atoms with Crippen molar-refractivity contribution in [2.75, 3.05) is 13.1 Å². The maximum atomic E-state index is 12.4. The minimum Gasteiger partial charge on any atom is -0.342 e. The molecule has 1 aliphatic heterocycles. The molecule has 1 saturated heterocycles. The van der Waals surface area contributed by atoms with Crippen molar-refractivity contribution in [2.24, 2.45) is 17.6 Å².